The third-order valence-corrected chi connectivity index (χ3v) is 9.81. The molecule has 0 unspecified atom stereocenters. The topological polar surface area (TPSA) is 47.6 Å². The number of nitrogens with one attached hydrogen (secondary N) is 1. The van der Waals surface area contributed by atoms with E-state index in [4.69, 9.17) is 32.9 Å². The van der Waals surface area contributed by atoms with Crippen LogP contribution in [0.1, 0.15) is 18.5 Å². The maximum absolute atomic E-state index is 12.5. The van der Waals surface area contributed by atoms with Gasteiger partial charge >= 0.3 is 5.97 Å². The van der Waals surface area contributed by atoms with Crippen LogP contribution in [0.2, 0.25) is 5.02 Å². The molecule has 1 N–H and O–H groups in total. The fourth-order valence-electron chi connectivity index (χ4n) is 3.76. The molecule has 1 aliphatic heterocycles. The first-order valence-electron chi connectivity index (χ1n) is 10.2. The predicted molar refractivity (Wildman–Crippen MR) is 134 cm³/mol. The summed E-state index contributed by atoms with van der Waals surface area (Å²) in [4.78, 5) is 12.5. The van der Waals surface area contributed by atoms with Crippen molar-refractivity contribution in [2.75, 3.05) is 6.61 Å². The van der Waals surface area contributed by atoms with Crippen LogP contribution in [0.4, 0.5) is 0 Å². The van der Waals surface area contributed by atoms with Crippen molar-refractivity contribution in [3.8, 4) is 5.75 Å². The van der Waals surface area contributed by atoms with Crippen molar-refractivity contribution in [1.29, 1.82) is 0 Å². The molecule has 164 valence electrons. The Kier molecular flexibility index (Phi) is 6.82. The van der Waals surface area contributed by atoms with Crippen molar-refractivity contribution < 1.29 is 14.3 Å². The second-order valence-corrected chi connectivity index (χ2v) is 11.9. The van der Waals surface area contributed by atoms with Gasteiger partial charge in [0.1, 0.15) is 11.9 Å². The zero-order valence-electron chi connectivity index (χ0n) is 17.5. The Hall–Kier alpha value is -2.43. The van der Waals surface area contributed by atoms with E-state index in [-0.39, 0.29) is 12.2 Å². The summed E-state index contributed by atoms with van der Waals surface area (Å²) in [6, 6.07) is 25.0. The molecule has 1 aliphatic rings. The summed E-state index contributed by atoms with van der Waals surface area (Å²) in [5, 5.41) is 6.31. The summed E-state index contributed by atoms with van der Waals surface area (Å²) in [7, 11) is 0. The average Bonchev–Trinajstić information content (AvgIpc) is 3.17. The summed E-state index contributed by atoms with van der Waals surface area (Å²) in [6.45, 7) is 6.01. The minimum Gasteiger partial charge on any atom is -0.483 e. The van der Waals surface area contributed by atoms with Gasteiger partial charge in [-0.25, -0.2) is 4.79 Å². The quantitative estimate of drug-likeness (QED) is 0.294. The minimum absolute atomic E-state index is 0.236. The number of rotatable bonds is 7. The van der Waals surface area contributed by atoms with E-state index in [1.165, 1.54) is 0 Å². The third-order valence-electron chi connectivity index (χ3n) is 5.31. The van der Waals surface area contributed by atoms with Crippen LogP contribution < -0.4 is 20.4 Å². The fourth-order valence-corrected chi connectivity index (χ4v) is 7.45. The number of benzene rings is 3. The van der Waals surface area contributed by atoms with Gasteiger partial charge in [0.2, 0.25) is 0 Å². The minimum atomic E-state index is -2.50. The van der Waals surface area contributed by atoms with Crippen molar-refractivity contribution in [1.82, 2.24) is 5.09 Å². The summed E-state index contributed by atoms with van der Waals surface area (Å²) in [5.74, 6) is 0.154. The molecule has 32 heavy (non-hydrogen) atoms. The number of carbonyl (C=O) groups excluding carboxylic acids is 1. The number of hydrogen-bond acceptors (Lipinski definition) is 4. The Morgan fingerprint density at radius 2 is 1.69 bits per heavy atom. The van der Waals surface area contributed by atoms with Crippen LogP contribution in [0.25, 0.3) is 0 Å². The number of halogens is 1. The maximum Gasteiger partial charge on any atom is 0.337 e. The average molecular weight is 484 g/mol. The molecule has 0 spiro atoms. The first-order chi connectivity index (χ1) is 15.4. The Bertz CT molecular complexity index is 1140. The molecule has 0 aromatic heterocycles. The predicted octanol–water partition coefficient (Wildman–Crippen LogP) is 4.90. The molecule has 1 heterocycles. The molecular formula is C25H23ClNO3PS. The van der Waals surface area contributed by atoms with Crippen molar-refractivity contribution >= 4 is 46.2 Å². The van der Waals surface area contributed by atoms with E-state index in [2.05, 4.69) is 11.7 Å². The number of esters is 1. The molecular weight excluding hydrogens is 461 g/mol. The first-order valence-corrected chi connectivity index (χ1v) is 13.4. The van der Waals surface area contributed by atoms with Gasteiger partial charge < -0.3 is 9.47 Å². The van der Waals surface area contributed by atoms with Gasteiger partial charge in [-0.15, -0.1) is 0 Å². The van der Waals surface area contributed by atoms with E-state index in [1.54, 1.807) is 19.1 Å². The molecule has 0 saturated carbocycles. The largest absolute Gasteiger partial charge is 0.483 e. The van der Waals surface area contributed by atoms with Gasteiger partial charge in [0.15, 0.2) is 0 Å². The lowest BCUT2D eigenvalue weighted by molar-refractivity contribution is -0.139. The van der Waals surface area contributed by atoms with Gasteiger partial charge in [0.25, 0.3) is 0 Å². The van der Waals surface area contributed by atoms with Gasteiger partial charge in [-0.3, -0.25) is 5.09 Å². The van der Waals surface area contributed by atoms with Crippen LogP contribution in [-0.4, -0.2) is 18.7 Å². The zero-order valence-corrected chi connectivity index (χ0v) is 20.0. The van der Waals surface area contributed by atoms with E-state index in [0.29, 0.717) is 10.8 Å². The van der Waals surface area contributed by atoms with Crippen molar-refractivity contribution in [3.05, 3.63) is 102 Å². The lowest BCUT2D eigenvalue weighted by atomic mass is 10.00. The molecule has 3 aromatic rings. The summed E-state index contributed by atoms with van der Waals surface area (Å²) >= 11 is 12.7. The summed E-state index contributed by atoms with van der Waals surface area (Å²) in [6.07, 6.45) is -3.17. The van der Waals surface area contributed by atoms with Crippen molar-refractivity contribution in [3.63, 3.8) is 0 Å². The highest BCUT2D eigenvalue weighted by Crippen LogP contribution is 2.48. The van der Waals surface area contributed by atoms with E-state index >= 15 is 0 Å². The molecule has 0 amide bonds. The molecule has 0 bridgehead atoms. The van der Waals surface area contributed by atoms with E-state index in [1.807, 2.05) is 66.7 Å². The molecule has 0 radical (unpaired) electrons. The fraction of sp³-hybridized carbons (Fsp3) is 0.160. The van der Waals surface area contributed by atoms with Crippen LogP contribution in [-0.2, 0) is 21.3 Å². The van der Waals surface area contributed by atoms with Crippen LogP contribution in [0, 0.1) is 0 Å². The third kappa shape index (κ3) is 4.39. The SMILES string of the molecule is C=C(C(=O)OCC)[C@@H]1Oc2ccc(Cl)cc2[C@H]1NP(=S)(c1ccccc1)c1ccccc1. The highest BCUT2D eigenvalue weighted by Gasteiger charge is 2.42. The maximum atomic E-state index is 12.5. The molecule has 2 atom stereocenters. The monoisotopic (exact) mass is 483 g/mol. The van der Waals surface area contributed by atoms with E-state index < -0.39 is 24.3 Å². The standard InChI is InChI=1S/C25H23ClNO3PS/c1-3-29-25(28)17(2)24-23(21-16-18(26)14-15-22(21)30-24)27-31(32,19-10-6-4-7-11-19)20-12-8-5-9-13-20/h4-16,23-24H,2-3H2,1H3,(H,27,32)/t23-,24+/m1/s1. The van der Waals surface area contributed by atoms with E-state index in [0.717, 1.165) is 16.2 Å². The highest BCUT2D eigenvalue weighted by molar-refractivity contribution is 8.20. The molecule has 4 rings (SSSR count). The normalized spacial score (nSPS) is 17.3. The van der Waals surface area contributed by atoms with Crippen LogP contribution in [0.15, 0.2) is 91.0 Å². The van der Waals surface area contributed by atoms with Crippen LogP contribution in [0.3, 0.4) is 0 Å². The number of fused-ring (bicyclic) bond motifs is 1. The smallest absolute Gasteiger partial charge is 0.337 e. The second-order valence-electron chi connectivity index (χ2n) is 7.35. The van der Waals surface area contributed by atoms with Gasteiger partial charge in [0.05, 0.1) is 24.4 Å². The molecule has 0 aliphatic carbocycles. The van der Waals surface area contributed by atoms with Crippen molar-refractivity contribution in [2.45, 2.75) is 19.1 Å². The summed E-state index contributed by atoms with van der Waals surface area (Å²) in [5.41, 5.74) is 1.08. The Morgan fingerprint density at radius 3 is 2.25 bits per heavy atom. The van der Waals surface area contributed by atoms with Crippen molar-refractivity contribution in [2.24, 2.45) is 0 Å². The van der Waals surface area contributed by atoms with E-state index in [9.17, 15) is 4.79 Å². The molecule has 3 aromatic carbocycles. The highest BCUT2D eigenvalue weighted by atomic mass is 35.5. The van der Waals surface area contributed by atoms with Crippen LogP contribution in [0.5, 0.6) is 5.75 Å². The number of hydrogen-bond donors (Lipinski definition) is 1. The molecule has 0 fully saturated rings. The second kappa shape index (κ2) is 9.60. The Morgan fingerprint density at radius 1 is 1.09 bits per heavy atom. The molecule has 4 nitrogen and oxygen atoms in total. The number of ether oxygens (including phenoxy) is 2. The van der Waals surface area contributed by atoms with Gasteiger partial charge in [-0.05, 0) is 25.1 Å². The summed E-state index contributed by atoms with van der Waals surface area (Å²) < 4.78 is 11.4. The zero-order chi connectivity index (χ0) is 22.7. The Balaban J connectivity index is 1.81. The lowest BCUT2D eigenvalue weighted by Crippen LogP contribution is -2.37. The first kappa shape index (κ1) is 22.8. The molecule has 0 saturated heterocycles. The van der Waals surface area contributed by atoms with Gasteiger partial charge in [0, 0.05) is 21.2 Å². The Labute approximate surface area is 198 Å². The van der Waals surface area contributed by atoms with Gasteiger partial charge in [-0.2, -0.15) is 0 Å². The molecule has 7 heteroatoms. The van der Waals surface area contributed by atoms with Crippen LogP contribution >= 0.6 is 17.8 Å². The van der Waals surface area contributed by atoms with Gasteiger partial charge in [-0.1, -0.05) is 90.7 Å². The number of carbonyl (C=O) groups is 1. The lowest BCUT2D eigenvalue weighted by Gasteiger charge is -2.31.